The molecule has 4 N–H and O–H groups in total. The van der Waals surface area contributed by atoms with Gasteiger partial charge in [-0.25, -0.2) is 0 Å². The number of methoxy groups -OCH3 is 1. The third kappa shape index (κ3) is 4.27. The average Bonchev–Trinajstić information content (AvgIpc) is 3.21. The number of anilines is 2. The van der Waals surface area contributed by atoms with Crippen LogP contribution >= 0.6 is 11.3 Å². The maximum absolute atomic E-state index is 12.1. The molecule has 0 radical (unpaired) electrons. The minimum Gasteiger partial charge on any atom is -0.492 e. The molecule has 1 aliphatic rings. The molecule has 0 unspecified atom stereocenters. The normalized spacial score (nSPS) is 14.0. The number of ether oxygens (including phenoxy) is 1. The first-order valence-corrected chi connectivity index (χ1v) is 8.50. The predicted octanol–water partition coefficient (Wildman–Crippen LogP) is 3.22. The van der Waals surface area contributed by atoms with Gasteiger partial charge in [0.2, 0.25) is 0 Å². The van der Waals surface area contributed by atoms with E-state index in [0.717, 1.165) is 30.8 Å². The van der Waals surface area contributed by atoms with Crippen molar-refractivity contribution >= 4 is 27.9 Å². The molecule has 6 heteroatoms. The molecule has 1 aromatic heterocycles. The number of unbranched alkanes of at least 4 members (excludes halogenated alkanes) is 3. The molecule has 0 bridgehead atoms. The van der Waals surface area contributed by atoms with Crippen molar-refractivity contribution in [1.29, 1.82) is 0 Å². The van der Waals surface area contributed by atoms with Crippen LogP contribution in [0.2, 0.25) is 0 Å². The van der Waals surface area contributed by atoms with E-state index in [2.05, 4.69) is 17.6 Å². The lowest BCUT2D eigenvalue weighted by Crippen LogP contribution is -2.25. The highest BCUT2D eigenvalue weighted by Crippen LogP contribution is 2.42. The third-order valence-corrected chi connectivity index (χ3v) is 4.68. The van der Waals surface area contributed by atoms with E-state index in [1.165, 1.54) is 30.6 Å². The Morgan fingerprint density at radius 3 is 2.76 bits per heavy atom. The summed E-state index contributed by atoms with van der Waals surface area (Å²) in [6, 6.07) is 0.329. The first kappa shape index (κ1) is 15.9. The molecule has 0 spiro atoms. The molecule has 21 heavy (non-hydrogen) atoms. The Kier molecular flexibility index (Phi) is 5.73. The zero-order valence-electron chi connectivity index (χ0n) is 12.8. The Bertz CT molecular complexity index is 484. The number of carbonyl (C=O) groups is 1. The zero-order chi connectivity index (χ0) is 15.2. The van der Waals surface area contributed by atoms with Crippen LogP contribution in [0.1, 0.15) is 55.1 Å². The SMILES string of the molecule is CCCCCCNc1sc(C(=O)NC2CC2)c(N)c1OC. The molecular formula is C15H25N3O2S. The second-order valence-corrected chi connectivity index (χ2v) is 6.46. The van der Waals surface area contributed by atoms with Crippen molar-refractivity contribution in [2.24, 2.45) is 0 Å². The van der Waals surface area contributed by atoms with Crippen molar-refractivity contribution in [2.45, 2.75) is 51.5 Å². The number of amides is 1. The average molecular weight is 311 g/mol. The molecule has 1 fully saturated rings. The number of carbonyl (C=O) groups excluding carboxylic acids is 1. The van der Waals surface area contributed by atoms with E-state index >= 15 is 0 Å². The largest absolute Gasteiger partial charge is 0.492 e. The van der Waals surface area contributed by atoms with Gasteiger partial charge in [0.1, 0.15) is 15.6 Å². The van der Waals surface area contributed by atoms with Crippen LogP contribution in [-0.2, 0) is 0 Å². The van der Waals surface area contributed by atoms with E-state index in [-0.39, 0.29) is 5.91 Å². The van der Waals surface area contributed by atoms with E-state index in [0.29, 0.717) is 22.4 Å². The maximum Gasteiger partial charge on any atom is 0.263 e. The van der Waals surface area contributed by atoms with Crippen LogP contribution in [0.15, 0.2) is 0 Å². The van der Waals surface area contributed by atoms with E-state index < -0.39 is 0 Å². The molecule has 1 saturated carbocycles. The fourth-order valence-corrected chi connectivity index (χ4v) is 3.17. The number of nitrogen functional groups attached to an aromatic ring is 1. The summed E-state index contributed by atoms with van der Waals surface area (Å²) >= 11 is 1.38. The van der Waals surface area contributed by atoms with Gasteiger partial charge in [-0.05, 0) is 19.3 Å². The summed E-state index contributed by atoms with van der Waals surface area (Å²) in [6.07, 6.45) is 6.93. The van der Waals surface area contributed by atoms with Crippen molar-refractivity contribution in [1.82, 2.24) is 5.32 Å². The van der Waals surface area contributed by atoms with E-state index in [1.807, 2.05) is 0 Å². The number of hydrogen-bond donors (Lipinski definition) is 3. The lowest BCUT2D eigenvalue weighted by molar-refractivity contribution is 0.0956. The lowest BCUT2D eigenvalue weighted by Gasteiger charge is -2.06. The molecular weight excluding hydrogens is 286 g/mol. The molecule has 1 aromatic rings. The fourth-order valence-electron chi connectivity index (χ4n) is 2.15. The Morgan fingerprint density at radius 2 is 2.14 bits per heavy atom. The molecule has 5 nitrogen and oxygen atoms in total. The smallest absolute Gasteiger partial charge is 0.263 e. The van der Waals surface area contributed by atoms with Crippen molar-refractivity contribution < 1.29 is 9.53 Å². The highest BCUT2D eigenvalue weighted by atomic mass is 32.1. The van der Waals surface area contributed by atoms with Crippen molar-refractivity contribution in [2.75, 3.05) is 24.7 Å². The highest BCUT2D eigenvalue weighted by Gasteiger charge is 2.27. The number of hydrogen-bond acceptors (Lipinski definition) is 5. The standard InChI is InChI=1S/C15H25N3O2S/c1-3-4-5-6-9-17-15-12(20-2)11(16)13(21-15)14(19)18-10-7-8-10/h10,17H,3-9,16H2,1-2H3,(H,18,19). The van der Waals surface area contributed by atoms with Crippen LogP contribution in [0, 0.1) is 0 Å². The quantitative estimate of drug-likeness (QED) is 0.612. The van der Waals surface area contributed by atoms with Gasteiger partial charge < -0.3 is 21.1 Å². The van der Waals surface area contributed by atoms with Gasteiger partial charge in [0, 0.05) is 12.6 Å². The van der Waals surface area contributed by atoms with Gasteiger partial charge in [0.15, 0.2) is 5.75 Å². The Hall–Kier alpha value is -1.43. The number of nitrogens with one attached hydrogen (secondary N) is 2. The lowest BCUT2D eigenvalue weighted by atomic mass is 10.2. The van der Waals surface area contributed by atoms with Crippen molar-refractivity contribution in [3.63, 3.8) is 0 Å². The van der Waals surface area contributed by atoms with E-state index in [9.17, 15) is 4.79 Å². The number of nitrogens with two attached hydrogens (primary N) is 1. The Labute approximate surface area is 130 Å². The van der Waals surface area contributed by atoms with Crippen molar-refractivity contribution in [3.8, 4) is 5.75 Å². The predicted molar refractivity (Wildman–Crippen MR) is 88.4 cm³/mol. The zero-order valence-corrected chi connectivity index (χ0v) is 13.6. The minimum atomic E-state index is -0.0858. The van der Waals surface area contributed by atoms with Crippen LogP contribution in [-0.4, -0.2) is 25.6 Å². The summed E-state index contributed by atoms with van der Waals surface area (Å²) in [5, 5.41) is 7.16. The number of rotatable bonds is 9. The van der Waals surface area contributed by atoms with Crippen LogP contribution in [0.3, 0.4) is 0 Å². The second-order valence-electron chi connectivity index (χ2n) is 5.44. The summed E-state index contributed by atoms with van der Waals surface area (Å²) in [6.45, 7) is 3.07. The molecule has 0 saturated heterocycles. The molecule has 0 atom stereocenters. The summed E-state index contributed by atoms with van der Waals surface area (Å²) in [5.41, 5.74) is 6.49. The van der Waals surface area contributed by atoms with Crippen LogP contribution in [0.25, 0.3) is 0 Å². The molecule has 0 aromatic carbocycles. The van der Waals surface area contributed by atoms with Gasteiger partial charge in [0.05, 0.1) is 7.11 Å². The van der Waals surface area contributed by atoms with Crippen LogP contribution in [0.5, 0.6) is 5.75 Å². The van der Waals surface area contributed by atoms with E-state index in [4.69, 9.17) is 10.5 Å². The van der Waals surface area contributed by atoms with E-state index in [1.54, 1.807) is 7.11 Å². The van der Waals surface area contributed by atoms with Crippen LogP contribution in [0.4, 0.5) is 10.7 Å². The summed E-state index contributed by atoms with van der Waals surface area (Å²) in [4.78, 5) is 12.7. The van der Waals surface area contributed by atoms with Gasteiger partial charge in [-0.3, -0.25) is 4.79 Å². The van der Waals surface area contributed by atoms with Crippen molar-refractivity contribution in [3.05, 3.63) is 4.88 Å². The summed E-state index contributed by atoms with van der Waals surface area (Å²) in [7, 11) is 1.59. The molecule has 118 valence electrons. The summed E-state index contributed by atoms with van der Waals surface area (Å²) < 4.78 is 5.35. The Balaban J connectivity index is 1.97. The first-order valence-electron chi connectivity index (χ1n) is 7.68. The van der Waals surface area contributed by atoms with Gasteiger partial charge in [-0.1, -0.05) is 26.2 Å². The molecule has 2 rings (SSSR count). The summed E-state index contributed by atoms with van der Waals surface area (Å²) in [5.74, 6) is 0.508. The molecule has 1 heterocycles. The third-order valence-electron chi connectivity index (χ3n) is 3.54. The molecule has 0 aliphatic heterocycles. The maximum atomic E-state index is 12.1. The van der Waals surface area contributed by atoms with Gasteiger partial charge in [-0.15, -0.1) is 11.3 Å². The minimum absolute atomic E-state index is 0.0858. The number of thiophene rings is 1. The van der Waals surface area contributed by atoms with Crippen LogP contribution < -0.4 is 21.1 Å². The first-order chi connectivity index (χ1) is 10.2. The van der Waals surface area contributed by atoms with Gasteiger partial charge >= 0.3 is 0 Å². The van der Waals surface area contributed by atoms with Gasteiger partial charge in [0.25, 0.3) is 5.91 Å². The fraction of sp³-hybridized carbons (Fsp3) is 0.667. The molecule has 1 aliphatic carbocycles. The van der Waals surface area contributed by atoms with Gasteiger partial charge in [-0.2, -0.15) is 0 Å². The molecule has 1 amide bonds. The Morgan fingerprint density at radius 1 is 1.38 bits per heavy atom. The topological polar surface area (TPSA) is 76.4 Å². The second kappa shape index (κ2) is 7.54. The highest BCUT2D eigenvalue weighted by molar-refractivity contribution is 7.19. The monoisotopic (exact) mass is 311 g/mol.